The van der Waals surface area contributed by atoms with Crippen molar-refractivity contribution in [3.63, 3.8) is 0 Å². The molecule has 4 aromatic carbocycles. The van der Waals surface area contributed by atoms with Crippen LogP contribution in [0.25, 0.3) is 32.7 Å². The number of aromatic carboxylic acids is 2. The maximum Gasteiger partial charge on any atom is 0.339 e. The van der Waals surface area contributed by atoms with Crippen molar-refractivity contribution >= 4 is 33.5 Å². The topological polar surface area (TPSA) is 134 Å². The number of hydrogen-bond acceptors (Lipinski definition) is 6. The van der Waals surface area contributed by atoms with Crippen LogP contribution in [0.1, 0.15) is 20.7 Å². The van der Waals surface area contributed by atoms with E-state index in [0.29, 0.717) is 33.0 Å². The first-order chi connectivity index (χ1) is 15.3. The van der Waals surface area contributed by atoms with Crippen LogP contribution in [0.2, 0.25) is 0 Å². The average Bonchev–Trinajstić information content (AvgIpc) is 2.78. The summed E-state index contributed by atoms with van der Waals surface area (Å²) >= 11 is 0. The lowest BCUT2D eigenvalue weighted by Crippen LogP contribution is -2.02. The monoisotopic (exact) mass is 434 g/mol. The van der Waals surface area contributed by atoms with Gasteiger partial charge in [-0.15, -0.1) is 0 Å². The molecule has 0 aliphatic rings. The molecule has 4 aromatic rings. The first-order valence-electron chi connectivity index (χ1n) is 9.41. The van der Waals surface area contributed by atoms with Crippen LogP contribution in [0.4, 0.5) is 0 Å². The predicted octanol–water partition coefficient (Wildman–Crippen LogP) is 4.48. The predicted molar refractivity (Wildman–Crippen MR) is 117 cm³/mol. The highest BCUT2D eigenvalue weighted by molar-refractivity contribution is 6.15. The summed E-state index contributed by atoms with van der Waals surface area (Å²) in [4.78, 5) is 23.7. The van der Waals surface area contributed by atoms with Gasteiger partial charge in [0, 0.05) is 11.1 Å². The molecular formula is C24H18O8. The SMILES string of the molecule is COc1ccc2c(-c3c(O)c(C(=O)O)cc4cc(OC)ccc34)c(O)c(C(=O)O)cc2c1. The van der Waals surface area contributed by atoms with Gasteiger partial charge in [0.2, 0.25) is 0 Å². The van der Waals surface area contributed by atoms with Crippen LogP contribution in [0, 0.1) is 0 Å². The Kier molecular flexibility index (Phi) is 4.98. The number of carboxylic acids is 2. The van der Waals surface area contributed by atoms with E-state index < -0.39 is 34.6 Å². The molecule has 0 saturated heterocycles. The van der Waals surface area contributed by atoms with Crippen molar-refractivity contribution in [3.05, 3.63) is 59.7 Å². The van der Waals surface area contributed by atoms with E-state index in [4.69, 9.17) is 9.47 Å². The van der Waals surface area contributed by atoms with Crippen LogP contribution in [-0.2, 0) is 0 Å². The standard InChI is InChI=1S/C24H18O8/c1-31-13-3-5-15-11(7-13)9-17(23(27)28)21(25)19(15)20-16-6-4-14(32-2)8-12(16)10-18(22(20)26)24(29)30/h3-10,25-26H,1-2H3,(H,27,28)(H,29,30). The van der Waals surface area contributed by atoms with E-state index in [9.17, 15) is 30.0 Å². The summed E-state index contributed by atoms with van der Waals surface area (Å²) in [5.74, 6) is -3.02. The number of hydrogen-bond donors (Lipinski definition) is 4. The zero-order valence-corrected chi connectivity index (χ0v) is 17.0. The third-order valence-corrected chi connectivity index (χ3v) is 5.35. The molecule has 0 aliphatic carbocycles. The van der Waals surface area contributed by atoms with Gasteiger partial charge in [-0.3, -0.25) is 0 Å². The van der Waals surface area contributed by atoms with Crippen molar-refractivity contribution in [2.24, 2.45) is 0 Å². The highest BCUT2D eigenvalue weighted by Gasteiger charge is 2.26. The van der Waals surface area contributed by atoms with Gasteiger partial charge < -0.3 is 29.9 Å². The Morgan fingerprint density at radius 1 is 0.656 bits per heavy atom. The average molecular weight is 434 g/mol. The van der Waals surface area contributed by atoms with Gasteiger partial charge in [0.05, 0.1) is 14.2 Å². The van der Waals surface area contributed by atoms with Gasteiger partial charge in [0.1, 0.15) is 34.1 Å². The lowest BCUT2D eigenvalue weighted by molar-refractivity contribution is 0.0682. The van der Waals surface area contributed by atoms with Gasteiger partial charge in [0.25, 0.3) is 0 Å². The number of rotatable bonds is 5. The molecule has 4 rings (SSSR count). The van der Waals surface area contributed by atoms with Crippen molar-refractivity contribution in [1.82, 2.24) is 0 Å². The summed E-state index contributed by atoms with van der Waals surface area (Å²) in [6.07, 6.45) is 0. The number of fused-ring (bicyclic) bond motifs is 2. The van der Waals surface area contributed by atoms with Gasteiger partial charge in [-0.2, -0.15) is 0 Å². The Hall–Kier alpha value is -4.46. The molecule has 4 N–H and O–H groups in total. The molecule has 0 radical (unpaired) electrons. The molecule has 0 fully saturated rings. The molecule has 0 aromatic heterocycles. The van der Waals surface area contributed by atoms with Crippen LogP contribution in [0.15, 0.2) is 48.5 Å². The summed E-state index contributed by atoms with van der Waals surface area (Å²) in [5.41, 5.74) is -0.804. The van der Waals surface area contributed by atoms with Crippen LogP contribution >= 0.6 is 0 Å². The first kappa shape index (κ1) is 20.8. The van der Waals surface area contributed by atoms with Gasteiger partial charge in [0.15, 0.2) is 0 Å². The summed E-state index contributed by atoms with van der Waals surface area (Å²) in [6, 6.07) is 12.2. The minimum Gasteiger partial charge on any atom is -0.506 e. The minimum absolute atomic E-state index is 0.00156. The second-order valence-electron chi connectivity index (χ2n) is 7.08. The van der Waals surface area contributed by atoms with E-state index in [0.717, 1.165) is 0 Å². The van der Waals surface area contributed by atoms with Crippen molar-refractivity contribution in [3.8, 4) is 34.1 Å². The first-order valence-corrected chi connectivity index (χ1v) is 9.41. The third-order valence-electron chi connectivity index (χ3n) is 5.35. The van der Waals surface area contributed by atoms with Gasteiger partial charge in [-0.1, -0.05) is 0 Å². The summed E-state index contributed by atoms with van der Waals surface area (Å²) in [6.45, 7) is 0. The number of phenols is 2. The van der Waals surface area contributed by atoms with E-state index in [-0.39, 0.29) is 11.1 Å². The van der Waals surface area contributed by atoms with Crippen LogP contribution in [0.5, 0.6) is 23.0 Å². The molecule has 0 atom stereocenters. The van der Waals surface area contributed by atoms with Gasteiger partial charge in [-0.05, 0) is 70.1 Å². The number of ether oxygens (including phenoxy) is 2. The maximum atomic E-state index is 11.8. The number of carboxylic acid groups (broad SMARTS) is 2. The molecule has 32 heavy (non-hydrogen) atoms. The fraction of sp³-hybridized carbons (Fsp3) is 0.0833. The molecule has 0 heterocycles. The van der Waals surface area contributed by atoms with Crippen molar-refractivity contribution in [1.29, 1.82) is 0 Å². The zero-order chi connectivity index (χ0) is 23.2. The van der Waals surface area contributed by atoms with Crippen molar-refractivity contribution in [2.45, 2.75) is 0 Å². The number of benzene rings is 4. The Morgan fingerprint density at radius 3 is 1.34 bits per heavy atom. The van der Waals surface area contributed by atoms with Crippen LogP contribution < -0.4 is 9.47 Å². The normalized spacial score (nSPS) is 10.9. The highest BCUT2D eigenvalue weighted by atomic mass is 16.5. The molecule has 0 aliphatic heterocycles. The Balaban J connectivity index is 2.24. The van der Waals surface area contributed by atoms with E-state index in [1.54, 1.807) is 36.4 Å². The van der Waals surface area contributed by atoms with Crippen LogP contribution in [-0.4, -0.2) is 46.6 Å². The number of aromatic hydroxyl groups is 2. The van der Waals surface area contributed by atoms with E-state index in [1.165, 1.54) is 26.4 Å². The summed E-state index contributed by atoms with van der Waals surface area (Å²) in [7, 11) is 2.92. The third kappa shape index (κ3) is 3.18. The van der Waals surface area contributed by atoms with Crippen molar-refractivity contribution in [2.75, 3.05) is 14.2 Å². The second-order valence-corrected chi connectivity index (χ2v) is 7.08. The Labute approximate surface area is 181 Å². The van der Waals surface area contributed by atoms with E-state index in [1.807, 2.05) is 0 Å². The quantitative estimate of drug-likeness (QED) is 0.361. The largest absolute Gasteiger partial charge is 0.506 e. The van der Waals surface area contributed by atoms with Gasteiger partial charge in [-0.25, -0.2) is 9.59 Å². The second kappa shape index (κ2) is 7.66. The zero-order valence-electron chi connectivity index (χ0n) is 17.0. The van der Waals surface area contributed by atoms with Gasteiger partial charge >= 0.3 is 11.9 Å². The smallest absolute Gasteiger partial charge is 0.339 e. The Morgan fingerprint density at radius 2 is 1.03 bits per heavy atom. The minimum atomic E-state index is -1.38. The van der Waals surface area contributed by atoms with E-state index >= 15 is 0 Å². The maximum absolute atomic E-state index is 11.8. The number of methoxy groups -OCH3 is 2. The molecule has 0 unspecified atom stereocenters. The lowest BCUT2D eigenvalue weighted by atomic mass is 9.88. The molecule has 0 amide bonds. The fourth-order valence-corrected chi connectivity index (χ4v) is 3.83. The molecule has 8 nitrogen and oxygen atoms in total. The fourth-order valence-electron chi connectivity index (χ4n) is 3.83. The Bertz CT molecular complexity index is 1310. The van der Waals surface area contributed by atoms with Crippen molar-refractivity contribution < 1.29 is 39.5 Å². The van der Waals surface area contributed by atoms with Crippen LogP contribution in [0.3, 0.4) is 0 Å². The summed E-state index contributed by atoms with van der Waals surface area (Å²) in [5, 5.41) is 42.9. The molecule has 0 bridgehead atoms. The molecule has 0 saturated carbocycles. The lowest BCUT2D eigenvalue weighted by Gasteiger charge is -2.18. The molecular weight excluding hydrogens is 416 g/mol. The molecule has 162 valence electrons. The highest BCUT2D eigenvalue weighted by Crippen LogP contribution is 2.48. The molecule has 8 heteroatoms. The molecule has 0 spiro atoms. The van der Waals surface area contributed by atoms with E-state index in [2.05, 4.69) is 0 Å². The number of carbonyl (C=O) groups is 2. The summed E-state index contributed by atoms with van der Waals surface area (Å²) < 4.78 is 10.4.